The molecule has 2 rings (SSSR count). The number of hydrogen-bond acceptors (Lipinski definition) is 2. The van der Waals surface area contributed by atoms with Gasteiger partial charge in [0.05, 0.1) is 11.6 Å². The third kappa shape index (κ3) is 2.52. The maximum Gasteiger partial charge on any atom is 0.254 e. The summed E-state index contributed by atoms with van der Waals surface area (Å²) < 4.78 is 0. The van der Waals surface area contributed by atoms with Crippen molar-refractivity contribution >= 4 is 5.91 Å². The Hall–Kier alpha value is -1.35. The minimum atomic E-state index is -0.492. The van der Waals surface area contributed by atoms with Crippen molar-refractivity contribution in [2.45, 2.75) is 52.2 Å². The number of rotatable bonds is 1. The van der Waals surface area contributed by atoms with E-state index in [1.54, 1.807) is 0 Å². The molecule has 0 radical (unpaired) electrons. The van der Waals surface area contributed by atoms with Gasteiger partial charge in [0.15, 0.2) is 0 Å². The van der Waals surface area contributed by atoms with Gasteiger partial charge in [-0.3, -0.25) is 4.79 Å². The van der Waals surface area contributed by atoms with E-state index >= 15 is 0 Å². The van der Waals surface area contributed by atoms with Crippen molar-refractivity contribution < 1.29 is 9.90 Å². The summed E-state index contributed by atoms with van der Waals surface area (Å²) in [7, 11) is 0. The number of nitrogens with zero attached hydrogens (tertiary/aromatic N) is 1. The van der Waals surface area contributed by atoms with Gasteiger partial charge in [-0.2, -0.15) is 0 Å². The lowest BCUT2D eigenvalue weighted by Gasteiger charge is -2.45. The quantitative estimate of drug-likeness (QED) is 0.844. The molecule has 3 nitrogen and oxygen atoms in total. The van der Waals surface area contributed by atoms with Crippen LogP contribution in [0.15, 0.2) is 18.2 Å². The Kier molecular flexibility index (Phi) is 3.68. The van der Waals surface area contributed by atoms with Crippen LogP contribution in [0.1, 0.15) is 48.2 Å². The first-order chi connectivity index (χ1) is 8.84. The highest BCUT2D eigenvalue weighted by molar-refractivity contribution is 5.95. The largest absolute Gasteiger partial charge is 0.391 e. The van der Waals surface area contributed by atoms with E-state index in [1.807, 2.05) is 50.8 Å². The summed E-state index contributed by atoms with van der Waals surface area (Å²) in [5.41, 5.74) is 2.54. The molecule has 1 amide bonds. The number of amides is 1. The number of aliphatic hydroxyl groups excluding tert-OH is 1. The number of aryl methyl sites for hydroxylation is 2. The molecule has 0 saturated carbocycles. The molecule has 1 fully saturated rings. The van der Waals surface area contributed by atoms with Crippen LogP contribution in [-0.4, -0.2) is 34.1 Å². The minimum absolute atomic E-state index is 0.0202. The zero-order valence-electron chi connectivity index (χ0n) is 12.2. The SMILES string of the molecule is Cc1ccc(C(=O)N2CCCC(O)C2(C)C)cc1C. The summed E-state index contributed by atoms with van der Waals surface area (Å²) in [6.45, 7) is 8.65. The summed E-state index contributed by atoms with van der Waals surface area (Å²) in [5.74, 6) is 0.0202. The first-order valence-corrected chi connectivity index (χ1v) is 6.91. The summed E-state index contributed by atoms with van der Waals surface area (Å²) in [6, 6.07) is 5.80. The molecule has 1 aromatic carbocycles. The van der Waals surface area contributed by atoms with E-state index in [2.05, 4.69) is 0 Å². The summed E-state index contributed by atoms with van der Waals surface area (Å²) in [5, 5.41) is 10.1. The molecule has 1 saturated heterocycles. The highest BCUT2D eigenvalue weighted by Gasteiger charge is 2.40. The van der Waals surface area contributed by atoms with Gasteiger partial charge in [-0.05, 0) is 63.8 Å². The van der Waals surface area contributed by atoms with E-state index in [1.165, 1.54) is 5.56 Å². The molecule has 0 aromatic heterocycles. The highest BCUT2D eigenvalue weighted by atomic mass is 16.3. The van der Waals surface area contributed by atoms with Crippen LogP contribution in [0.3, 0.4) is 0 Å². The fourth-order valence-corrected chi connectivity index (χ4v) is 2.66. The van der Waals surface area contributed by atoms with Crippen LogP contribution >= 0.6 is 0 Å². The van der Waals surface area contributed by atoms with Gasteiger partial charge in [-0.25, -0.2) is 0 Å². The predicted molar refractivity (Wildman–Crippen MR) is 76.3 cm³/mol. The summed E-state index contributed by atoms with van der Waals surface area (Å²) in [4.78, 5) is 14.5. The minimum Gasteiger partial charge on any atom is -0.391 e. The molecule has 1 unspecified atom stereocenters. The van der Waals surface area contributed by atoms with Gasteiger partial charge >= 0.3 is 0 Å². The average Bonchev–Trinajstić information content (AvgIpc) is 2.35. The lowest BCUT2D eigenvalue weighted by Crippen LogP contribution is -2.58. The normalized spacial score (nSPS) is 22.4. The second kappa shape index (κ2) is 4.97. The number of aliphatic hydroxyl groups is 1. The molecular weight excluding hydrogens is 238 g/mol. The number of carbonyl (C=O) groups excluding carboxylic acids is 1. The van der Waals surface area contributed by atoms with Crippen molar-refractivity contribution in [2.75, 3.05) is 6.54 Å². The van der Waals surface area contributed by atoms with Gasteiger partial charge in [0, 0.05) is 12.1 Å². The highest BCUT2D eigenvalue weighted by Crippen LogP contribution is 2.29. The number of likely N-dealkylation sites (tertiary alicyclic amines) is 1. The average molecular weight is 261 g/mol. The van der Waals surface area contributed by atoms with Crippen molar-refractivity contribution in [3.63, 3.8) is 0 Å². The molecule has 19 heavy (non-hydrogen) atoms. The maximum absolute atomic E-state index is 12.6. The second-order valence-corrected chi connectivity index (χ2v) is 6.07. The Morgan fingerprint density at radius 1 is 1.32 bits per heavy atom. The molecule has 1 heterocycles. The van der Waals surface area contributed by atoms with Crippen LogP contribution in [0.4, 0.5) is 0 Å². The topological polar surface area (TPSA) is 40.5 Å². The monoisotopic (exact) mass is 261 g/mol. The van der Waals surface area contributed by atoms with E-state index in [9.17, 15) is 9.90 Å². The van der Waals surface area contributed by atoms with Crippen LogP contribution in [-0.2, 0) is 0 Å². The van der Waals surface area contributed by atoms with Crippen LogP contribution in [0, 0.1) is 13.8 Å². The van der Waals surface area contributed by atoms with Crippen molar-refractivity contribution in [2.24, 2.45) is 0 Å². The number of hydrogen-bond donors (Lipinski definition) is 1. The van der Waals surface area contributed by atoms with Gasteiger partial charge in [0.1, 0.15) is 0 Å². The Morgan fingerprint density at radius 3 is 2.63 bits per heavy atom. The van der Waals surface area contributed by atoms with Gasteiger partial charge in [-0.15, -0.1) is 0 Å². The van der Waals surface area contributed by atoms with Gasteiger partial charge < -0.3 is 10.0 Å². The Morgan fingerprint density at radius 2 is 2.00 bits per heavy atom. The lowest BCUT2D eigenvalue weighted by atomic mass is 9.86. The van der Waals surface area contributed by atoms with Crippen LogP contribution in [0.25, 0.3) is 0 Å². The third-order valence-corrected chi connectivity index (χ3v) is 4.37. The molecule has 104 valence electrons. The van der Waals surface area contributed by atoms with E-state index in [0.717, 1.165) is 24.9 Å². The van der Waals surface area contributed by atoms with Crippen molar-refractivity contribution in [1.82, 2.24) is 4.90 Å². The molecule has 0 aliphatic carbocycles. The Labute approximate surface area is 115 Å². The summed E-state index contributed by atoms with van der Waals surface area (Å²) in [6.07, 6.45) is 1.18. The van der Waals surface area contributed by atoms with Crippen LogP contribution < -0.4 is 0 Å². The smallest absolute Gasteiger partial charge is 0.254 e. The van der Waals surface area contributed by atoms with Crippen molar-refractivity contribution in [1.29, 1.82) is 0 Å². The first kappa shape index (κ1) is 14.1. The van der Waals surface area contributed by atoms with Crippen molar-refractivity contribution in [3.05, 3.63) is 34.9 Å². The third-order valence-electron chi connectivity index (χ3n) is 4.37. The van der Waals surface area contributed by atoms with Crippen LogP contribution in [0.5, 0.6) is 0 Å². The van der Waals surface area contributed by atoms with Crippen molar-refractivity contribution in [3.8, 4) is 0 Å². The van der Waals surface area contributed by atoms with E-state index in [-0.39, 0.29) is 5.91 Å². The molecule has 1 aliphatic heterocycles. The molecule has 1 aliphatic rings. The standard InChI is InChI=1S/C16H23NO2/c1-11-7-8-13(10-12(11)2)15(19)17-9-5-6-14(18)16(17,3)4/h7-8,10,14,18H,5-6,9H2,1-4H3. The molecular formula is C16H23NO2. The van der Waals surface area contributed by atoms with E-state index in [4.69, 9.17) is 0 Å². The first-order valence-electron chi connectivity index (χ1n) is 6.91. The maximum atomic E-state index is 12.6. The molecule has 0 bridgehead atoms. The Balaban J connectivity index is 2.30. The molecule has 1 atom stereocenters. The fourth-order valence-electron chi connectivity index (χ4n) is 2.66. The zero-order valence-corrected chi connectivity index (χ0v) is 12.2. The Bertz CT molecular complexity index is 494. The van der Waals surface area contributed by atoms with Gasteiger partial charge in [-0.1, -0.05) is 6.07 Å². The van der Waals surface area contributed by atoms with E-state index in [0.29, 0.717) is 5.56 Å². The fraction of sp³-hybridized carbons (Fsp3) is 0.562. The number of piperidine rings is 1. The second-order valence-electron chi connectivity index (χ2n) is 6.07. The van der Waals surface area contributed by atoms with Crippen LogP contribution in [0.2, 0.25) is 0 Å². The predicted octanol–water partition coefficient (Wildman–Crippen LogP) is 2.68. The molecule has 1 aromatic rings. The van der Waals surface area contributed by atoms with Gasteiger partial charge in [0.2, 0.25) is 0 Å². The summed E-state index contributed by atoms with van der Waals surface area (Å²) >= 11 is 0. The van der Waals surface area contributed by atoms with E-state index < -0.39 is 11.6 Å². The van der Waals surface area contributed by atoms with Gasteiger partial charge in [0.25, 0.3) is 5.91 Å². The number of benzene rings is 1. The molecule has 3 heteroatoms. The molecule has 1 N–H and O–H groups in total. The number of carbonyl (C=O) groups is 1. The zero-order chi connectivity index (χ0) is 14.2. The molecule has 0 spiro atoms. The lowest BCUT2D eigenvalue weighted by molar-refractivity contribution is -0.0307.